The van der Waals surface area contributed by atoms with E-state index in [9.17, 15) is 0 Å². The van der Waals surface area contributed by atoms with E-state index in [-0.39, 0.29) is 5.41 Å². The summed E-state index contributed by atoms with van der Waals surface area (Å²) >= 11 is 0. The van der Waals surface area contributed by atoms with Gasteiger partial charge in [-0.1, -0.05) is 117 Å². The highest BCUT2D eigenvalue weighted by atomic mass is 16.3. The SMILES string of the molecule is CC1(C)c2ccccc2-c2ccc(-c3cc4c5ccccc5oc4c4c5ccccc5n(-c5ccc6ccccc6c5)c34)cc21. The summed E-state index contributed by atoms with van der Waals surface area (Å²) in [6.45, 7) is 4.71. The van der Waals surface area contributed by atoms with E-state index in [0.29, 0.717) is 0 Å². The van der Waals surface area contributed by atoms with Gasteiger partial charge in [0.15, 0.2) is 0 Å². The number of rotatable bonds is 2. The Morgan fingerprint density at radius 2 is 1.27 bits per heavy atom. The van der Waals surface area contributed by atoms with Crippen molar-refractivity contribution in [2.24, 2.45) is 0 Å². The summed E-state index contributed by atoms with van der Waals surface area (Å²) < 4.78 is 9.17. The van der Waals surface area contributed by atoms with Gasteiger partial charge in [-0.3, -0.25) is 0 Å². The molecule has 10 rings (SSSR count). The first kappa shape index (κ1) is 24.8. The molecule has 0 saturated carbocycles. The summed E-state index contributed by atoms with van der Waals surface area (Å²) in [5.41, 5.74) is 13.1. The lowest BCUT2D eigenvalue weighted by Crippen LogP contribution is -2.14. The van der Waals surface area contributed by atoms with Crippen molar-refractivity contribution in [1.29, 1.82) is 0 Å². The largest absolute Gasteiger partial charge is 0.455 e. The van der Waals surface area contributed by atoms with Gasteiger partial charge < -0.3 is 8.98 Å². The van der Waals surface area contributed by atoms with Crippen LogP contribution in [0.4, 0.5) is 0 Å². The molecule has 7 aromatic carbocycles. The number of hydrogen-bond donors (Lipinski definition) is 0. The third-order valence-corrected chi connectivity index (χ3v) is 10.2. The monoisotopic (exact) mass is 575 g/mol. The van der Waals surface area contributed by atoms with Crippen LogP contribution in [-0.4, -0.2) is 4.57 Å². The van der Waals surface area contributed by atoms with Crippen LogP contribution in [0, 0.1) is 0 Å². The van der Waals surface area contributed by atoms with Crippen molar-refractivity contribution in [2.75, 3.05) is 0 Å². The van der Waals surface area contributed by atoms with Crippen LogP contribution in [0.3, 0.4) is 0 Å². The molecule has 0 unspecified atom stereocenters. The number of fused-ring (bicyclic) bond motifs is 11. The molecule has 1 aliphatic rings. The Hall–Kier alpha value is -5.60. The molecule has 0 amide bonds. The van der Waals surface area contributed by atoms with Gasteiger partial charge in [-0.2, -0.15) is 0 Å². The second-order valence-electron chi connectivity index (χ2n) is 12.9. The van der Waals surface area contributed by atoms with Gasteiger partial charge in [0.25, 0.3) is 0 Å². The summed E-state index contributed by atoms with van der Waals surface area (Å²) in [5, 5.41) is 7.11. The van der Waals surface area contributed by atoms with E-state index in [1.807, 2.05) is 0 Å². The number of benzene rings is 7. The molecule has 0 bridgehead atoms. The Morgan fingerprint density at radius 1 is 0.533 bits per heavy atom. The molecule has 0 atom stereocenters. The predicted octanol–water partition coefficient (Wildman–Crippen LogP) is 11.8. The van der Waals surface area contributed by atoms with E-state index >= 15 is 0 Å². The van der Waals surface area contributed by atoms with Crippen LogP contribution in [0.25, 0.3) is 82.5 Å². The molecule has 212 valence electrons. The minimum absolute atomic E-state index is 0.0848. The first-order chi connectivity index (χ1) is 22.1. The summed E-state index contributed by atoms with van der Waals surface area (Å²) in [5.74, 6) is 0. The molecule has 0 spiro atoms. The molecular weight excluding hydrogens is 546 g/mol. The summed E-state index contributed by atoms with van der Waals surface area (Å²) in [4.78, 5) is 0. The van der Waals surface area contributed by atoms with Crippen molar-refractivity contribution in [1.82, 2.24) is 4.57 Å². The zero-order valence-electron chi connectivity index (χ0n) is 25.1. The fraction of sp³-hybridized carbons (Fsp3) is 0.0698. The van der Waals surface area contributed by atoms with Crippen molar-refractivity contribution >= 4 is 54.5 Å². The van der Waals surface area contributed by atoms with E-state index < -0.39 is 0 Å². The second kappa shape index (κ2) is 8.74. The van der Waals surface area contributed by atoms with Crippen molar-refractivity contribution in [3.05, 3.63) is 151 Å². The number of furan rings is 1. The Kier molecular flexibility index (Phi) is 4.82. The summed E-state index contributed by atoms with van der Waals surface area (Å²) in [6, 6.07) is 50.9. The number of aromatic nitrogens is 1. The molecule has 0 radical (unpaired) electrons. The summed E-state index contributed by atoms with van der Waals surface area (Å²) in [6.07, 6.45) is 0. The van der Waals surface area contributed by atoms with Gasteiger partial charge in [0, 0.05) is 32.8 Å². The van der Waals surface area contributed by atoms with Crippen LogP contribution in [-0.2, 0) is 5.41 Å². The molecule has 0 fully saturated rings. The van der Waals surface area contributed by atoms with Crippen molar-refractivity contribution < 1.29 is 4.42 Å². The number of para-hydroxylation sites is 2. The molecule has 1 aliphatic carbocycles. The van der Waals surface area contributed by atoms with E-state index in [4.69, 9.17) is 4.42 Å². The van der Waals surface area contributed by atoms with Crippen LogP contribution < -0.4 is 0 Å². The Morgan fingerprint density at radius 3 is 2.18 bits per heavy atom. The van der Waals surface area contributed by atoms with Gasteiger partial charge in [-0.05, 0) is 75.0 Å². The maximum atomic E-state index is 6.72. The van der Waals surface area contributed by atoms with Crippen molar-refractivity contribution in [2.45, 2.75) is 19.3 Å². The van der Waals surface area contributed by atoms with Gasteiger partial charge in [0.05, 0.1) is 16.4 Å². The van der Waals surface area contributed by atoms with Gasteiger partial charge in [0.2, 0.25) is 0 Å². The molecular formula is C43H29NO. The van der Waals surface area contributed by atoms with Gasteiger partial charge in [-0.15, -0.1) is 0 Å². The second-order valence-corrected chi connectivity index (χ2v) is 12.9. The van der Waals surface area contributed by atoms with Crippen molar-refractivity contribution in [3.8, 4) is 27.9 Å². The van der Waals surface area contributed by atoms with Crippen LogP contribution in [0.15, 0.2) is 144 Å². The van der Waals surface area contributed by atoms with E-state index in [1.54, 1.807) is 0 Å². The Balaban J connectivity index is 1.37. The molecule has 45 heavy (non-hydrogen) atoms. The zero-order valence-corrected chi connectivity index (χ0v) is 25.1. The van der Waals surface area contributed by atoms with Gasteiger partial charge in [-0.25, -0.2) is 0 Å². The fourth-order valence-electron chi connectivity index (χ4n) is 8.01. The highest BCUT2D eigenvalue weighted by Crippen LogP contribution is 2.51. The Labute approximate surface area is 260 Å². The van der Waals surface area contributed by atoms with E-state index in [1.165, 1.54) is 60.6 Å². The predicted molar refractivity (Wildman–Crippen MR) is 189 cm³/mol. The van der Waals surface area contributed by atoms with Crippen LogP contribution in [0.5, 0.6) is 0 Å². The number of nitrogens with zero attached hydrogens (tertiary/aromatic N) is 1. The molecule has 0 N–H and O–H groups in total. The molecule has 2 aromatic heterocycles. The fourth-order valence-corrected chi connectivity index (χ4v) is 8.01. The molecule has 9 aromatic rings. The normalized spacial score (nSPS) is 13.7. The molecule has 2 heterocycles. The first-order valence-corrected chi connectivity index (χ1v) is 15.7. The topological polar surface area (TPSA) is 18.1 Å². The molecule has 2 nitrogen and oxygen atoms in total. The number of hydrogen-bond acceptors (Lipinski definition) is 1. The maximum Gasteiger partial charge on any atom is 0.145 e. The lowest BCUT2D eigenvalue weighted by Gasteiger charge is -2.22. The average molecular weight is 576 g/mol. The zero-order chi connectivity index (χ0) is 29.9. The maximum absolute atomic E-state index is 6.72. The third kappa shape index (κ3) is 3.29. The van der Waals surface area contributed by atoms with Gasteiger partial charge in [0.1, 0.15) is 11.2 Å². The lowest BCUT2D eigenvalue weighted by atomic mass is 9.81. The molecule has 2 heteroatoms. The average Bonchev–Trinajstić information content (AvgIpc) is 3.70. The lowest BCUT2D eigenvalue weighted by molar-refractivity contribution is 0.660. The first-order valence-electron chi connectivity index (χ1n) is 15.7. The van der Waals surface area contributed by atoms with Crippen LogP contribution in [0.1, 0.15) is 25.0 Å². The minimum atomic E-state index is -0.0848. The smallest absolute Gasteiger partial charge is 0.145 e. The van der Waals surface area contributed by atoms with Gasteiger partial charge >= 0.3 is 0 Å². The van der Waals surface area contributed by atoms with Crippen LogP contribution >= 0.6 is 0 Å². The van der Waals surface area contributed by atoms with Crippen molar-refractivity contribution in [3.63, 3.8) is 0 Å². The highest BCUT2D eigenvalue weighted by molar-refractivity contribution is 6.27. The Bertz CT molecular complexity index is 2680. The quantitative estimate of drug-likeness (QED) is 0.200. The standard InChI is InChI=1S/C43H29NO/c1-43(2)36-16-8-5-13-30(36)31-22-20-28(24-37(31)43)34-25-35-32-14-7-10-18-39(32)45-42(35)40-33-15-6-9-17-38(33)44(41(34)40)29-21-19-26-11-3-4-12-27(26)23-29/h3-25H,1-2H3. The third-order valence-electron chi connectivity index (χ3n) is 10.2. The molecule has 0 saturated heterocycles. The highest BCUT2D eigenvalue weighted by Gasteiger charge is 2.35. The van der Waals surface area contributed by atoms with Crippen LogP contribution in [0.2, 0.25) is 0 Å². The minimum Gasteiger partial charge on any atom is -0.455 e. The van der Waals surface area contributed by atoms with E-state index in [0.717, 1.165) is 33.0 Å². The summed E-state index contributed by atoms with van der Waals surface area (Å²) in [7, 11) is 0. The van der Waals surface area contributed by atoms with E-state index in [2.05, 4.69) is 158 Å². The molecule has 0 aliphatic heterocycles.